The third-order valence-electron chi connectivity index (χ3n) is 4.77. The summed E-state index contributed by atoms with van der Waals surface area (Å²) in [6.07, 6.45) is -6.57. The van der Waals surface area contributed by atoms with Gasteiger partial charge >= 0.3 is 12.1 Å². The normalized spacial score (nSPS) is 12.4. The highest BCUT2D eigenvalue weighted by Crippen LogP contribution is 2.20. The van der Waals surface area contributed by atoms with Gasteiger partial charge in [-0.2, -0.15) is 13.2 Å². The number of anilines is 1. The molecule has 36 heavy (non-hydrogen) atoms. The Labute approximate surface area is 204 Å². The van der Waals surface area contributed by atoms with Crippen molar-refractivity contribution in [3.05, 3.63) is 102 Å². The third-order valence-corrected chi connectivity index (χ3v) is 4.77. The minimum atomic E-state index is -5.08. The largest absolute Gasteiger partial charge is 0.490 e. The number of carbonyl (C=O) groups excluding carboxylic acids is 2. The first-order chi connectivity index (χ1) is 17.0. The van der Waals surface area contributed by atoms with Gasteiger partial charge in [0.05, 0.1) is 6.04 Å². The van der Waals surface area contributed by atoms with E-state index in [1.165, 1.54) is 0 Å². The summed E-state index contributed by atoms with van der Waals surface area (Å²) < 4.78 is 31.7. The van der Waals surface area contributed by atoms with Crippen molar-refractivity contribution in [3.63, 3.8) is 0 Å². The number of carboxylic acid groups (broad SMARTS) is 1. The number of nitrogens with one attached hydrogen (secondary N) is 2. The molecule has 2 atom stereocenters. The molecule has 0 aliphatic heterocycles. The van der Waals surface area contributed by atoms with Crippen LogP contribution in [0.2, 0.25) is 0 Å². The number of amides is 2. The highest BCUT2D eigenvalue weighted by Gasteiger charge is 2.38. The zero-order chi connectivity index (χ0) is 26.7. The fraction of sp³-hybridized carbons (Fsp3) is 0.160. The summed E-state index contributed by atoms with van der Waals surface area (Å²) in [5.41, 5.74) is 8.11. The summed E-state index contributed by atoms with van der Waals surface area (Å²) in [4.78, 5) is 34.2. The number of hydrogen-bond acceptors (Lipinski definition) is 5. The number of hydrogen-bond donors (Lipinski definition) is 5. The number of alkyl halides is 3. The van der Waals surface area contributed by atoms with Gasteiger partial charge in [0.1, 0.15) is 0 Å². The van der Waals surface area contributed by atoms with Crippen molar-refractivity contribution in [3.8, 4) is 0 Å². The van der Waals surface area contributed by atoms with E-state index < -0.39 is 30.2 Å². The van der Waals surface area contributed by atoms with E-state index in [2.05, 4.69) is 10.6 Å². The van der Waals surface area contributed by atoms with Crippen LogP contribution in [-0.4, -0.2) is 40.3 Å². The molecule has 190 valence electrons. The van der Waals surface area contributed by atoms with Crippen LogP contribution in [0.4, 0.5) is 18.9 Å². The Hall–Kier alpha value is -4.22. The Bertz CT molecular complexity index is 1140. The van der Waals surface area contributed by atoms with E-state index in [-0.39, 0.29) is 5.91 Å². The second-order valence-corrected chi connectivity index (χ2v) is 7.37. The lowest BCUT2D eigenvalue weighted by Crippen LogP contribution is -2.42. The molecule has 0 aliphatic rings. The lowest BCUT2D eigenvalue weighted by Gasteiger charge is -2.24. The van der Waals surface area contributed by atoms with Crippen molar-refractivity contribution in [1.29, 1.82) is 0 Å². The van der Waals surface area contributed by atoms with Crippen LogP contribution in [0, 0.1) is 0 Å². The first kappa shape index (κ1) is 28.0. The van der Waals surface area contributed by atoms with Crippen molar-refractivity contribution in [1.82, 2.24) is 5.32 Å². The first-order valence-electron chi connectivity index (χ1n) is 10.5. The predicted octanol–water partition coefficient (Wildman–Crippen LogP) is 3.25. The fourth-order valence-electron chi connectivity index (χ4n) is 2.91. The van der Waals surface area contributed by atoms with Gasteiger partial charge in [-0.3, -0.25) is 9.59 Å². The maximum Gasteiger partial charge on any atom is 0.490 e. The number of carbonyl (C=O) groups is 3. The smallest absolute Gasteiger partial charge is 0.475 e. The summed E-state index contributed by atoms with van der Waals surface area (Å²) in [6.45, 7) is 0.401. The molecule has 0 aliphatic carbocycles. The van der Waals surface area contributed by atoms with E-state index in [1.807, 2.05) is 12.1 Å². The highest BCUT2D eigenvalue weighted by atomic mass is 19.4. The molecule has 0 saturated carbocycles. The maximum absolute atomic E-state index is 12.7. The number of aliphatic carboxylic acids is 1. The lowest BCUT2D eigenvalue weighted by molar-refractivity contribution is -0.192. The number of nitrogens with two attached hydrogens (primary N) is 1. The second-order valence-electron chi connectivity index (χ2n) is 7.37. The SMILES string of the molecule is NCc1ccc(NC(=O)[C@H](O)[C@@H](NC(=O)c2ccccc2)c2ccccc2)cc1.O=C(O)C(F)(F)F. The van der Waals surface area contributed by atoms with Crippen LogP contribution >= 0.6 is 0 Å². The second kappa shape index (κ2) is 13.0. The molecule has 2 amide bonds. The third kappa shape index (κ3) is 8.53. The van der Waals surface area contributed by atoms with E-state index in [0.29, 0.717) is 23.4 Å². The molecule has 6 N–H and O–H groups in total. The molecule has 0 fully saturated rings. The Balaban J connectivity index is 0.000000572. The van der Waals surface area contributed by atoms with Gasteiger partial charge < -0.3 is 26.6 Å². The van der Waals surface area contributed by atoms with Crippen LogP contribution in [0.25, 0.3) is 0 Å². The van der Waals surface area contributed by atoms with Crippen molar-refractivity contribution < 1.29 is 37.8 Å². The standard InChI is InChI=1S/C23H23N3O3.C2HF3O2/c24-15-16-11-13-19(14-12-16)25-23(29)21(27)20(17-7-3-1-4-8-17)26-22(28)18-9-5-2-6-10-18;3-2(4,5)1(6)7/h1-14,20-21,27H,15,24H2,(H,25,29)(H,26,28);(H,6,7)/t20-,21+;/m0./s1. The van der Waals surface area contributed by atoms with E-state index in [1.54, 1.807) is 72.8 Å². The van der Waals surface area contributed by atoms with Gasteiger partial charge in [0.15, 0.2) is 6.10 Å². The predicted molar refractivity (Wildman–Crippen MR) is 126 cm³/mol. The minimum Gasteiger partial charge on any atom is -0.475 e. The zero-order valence-corrected chi connectivity index (χ0v) is 18.8. The molecular weight excluding hydrogens is 479 g/mol. The Morgan fingerprint density at radius 3 is 1.83 bits per heavy atom. The van der Waals surface area contributed by atoms with E-state index in [0.717, 1.165) is 5.56 Å². The molecule has 3 aromatic rings. The number of aliphatic hydroxyl groups is 1. The fourth-order valence-corrected chi connectivity index (χ4v) is 2.91. The summed E-state index contributed by atoms with van der Waals surface area (Å²) in [7, 11) is 0. The van der Waals surface area contributed by atoms with Crippen LogP contribution < -0.4 is 16.4 Å². The molecule has 8 nitrogen and oxygen atoms in total. The summed E-state index contributed by atoms with van der Waals surface area (Å²) in [5.74, 6) is -3.75. The van der Waals surface area contributed by atoms with Gasteiger partial charge in [0.2, 0.25) is 0 Å². The molecular formula is C25H24F3N3O5. The van der Waals surface area contributed by atoms with Gasteiger partial charge in [0.25, 0.3) is 11.8 Å². The van der Waals surface area contributed by atoms with Crippen molar-refractivity contribution in [2.75, 3.05) is 5.32 Å². The summed E-state index contributed by atoms with van der Waals surface area (Å²) >= 11 is 0. The van der Waals surface area contributed by atoms with Gasteiger partial charge in [-0.15, -0.1) is 0 Å². The van der Waals surface area contributed by atoms with Crippen LogP contribution in [0.15, 0.2) is 84.9 Å². The molecule has 0 unspecified atom stereocenters. The number of aliphatic hydroxyl groups excluding tert-OH is 1. The maximum atomic E-state index is 12.7. The van der Waals surface area contributed by atoms with Crippen LogP contribution in [0.5, 0.6) is 0 Å². The molecule has 0 saturated heterocycles. The van der Waals surface area contributed by atoms with Crippen LogP contribution in [0.1, 0.15) is 27.5 Å². The molecule has 3 rings (SSSR count). The van der Waals surface area contributed by atoms with Crippen LogP contribution in [0.3, 0.4) is 0 Å². The number of halogens is 3. The van der Waals surface area contributed by atoms with Crippen LogP contribution in [-0.2, 0) is 16.1 Å². The molecule has 0 radical (unpaired) electrons. The van der Waals surface area contributed by atoms with Gasteiger partial charge in [-0.25, -0.2) is 4.79 Å². The van der Waals surface area contributed by atoms with Gasteiger partial charge in [-0.1, -0.05) is 60.7 Å². The van der Waals surface area contributed by atoms with Crippen molar-refractivity contribution in [2.24, 2.45) is 5.73 Å². The molecule has 11 heteroatoms. The minimum absolute atomic E-state index is 0.376. The number of benzene rings is 3. The molecule has 0 spiro atoms. The Morgan fingerprint density at radius 2 is 1.36 bits per heavy atom. The first-order valence-corrected chi connectivity index (χ1v) is 10.5. The molecule has 0 aromatic heterocycles. The van der Waals surface area contributed by atoms with E-state index >= 15 is 0 Å². The Kier molecular flexibility index (Phi) is 10.1. The monoisotopic (exact) mass is 503 g/mol. The highest BCUT2D eigenvalue weighted by molar-refractivity contribution is 5.97. The van der Waals surface area contributed by atoms with E-state index in [4.69, 9.17) is 15.6 Å². The van der Waals surface area contributed by atoms with Gasteiger partial charge in [0, 0.05) is 17.8 Å². The zero-order valence-electron chi connectivity index (χ0n) is 18.8. The summed E-state index contributed by atoms with van der Waals surface area (Å²) in [5, 5.41) is 23.3. The number of carboxylic acids is 1. The molecule has 0 heterocycles. The topological polar surface area (TPSA) is 142 Å². The average Bonchev–Trinajstić information content (AvgIpc) is 2.88. The average molecular weight is 503 g/mol. The lowest BCUT2D eigenvalue weighted by atomic mass is 10.00. The molecule has 3 aromatic carbocycles. The van der Waals surface area contributed by atoms with Crippen molar-refractivity contribution >= 4 is 23.5 Å². The van der Waals surface area contributed by atoms with Crippen molar-refractivity contribution in [2.45, 2.75) is 24.9 Å². The summed E-state index contributed by atoms with van der Waals surface area (Å²) in [6, 6.07) is 23.7. The quantitative estimate of drug-likeness (QED) is 0.335. The van der Waals surface area contributed by atoms with Gasteiger partial charge in [-0.05, 0) is 35.4 Å². The molecule has 0 bridgehead atoms. The van der Waals surface area contributed by atoms with E-state index in [9.17, 15) is 27.9 Å². The Morgan fingerprint density at radius 1 is 0.861 bits per heavy atom. The number of rotatable bonds is 7.